The largest absolute Gasteiger partial charge is 0.495 e. The molecule has 0 spiro atoms. The van der Waals surface area contributed by atoms with Crippen LogP contribution in [0.5, 0.6) is 5.75 Å². The molecular weight excluding hydrogens is 312 g/mol. The van der Waals surface area contributed by atoms with Crippen LogP contribution in [0.4, 0.5) is 5.69 Å². The van der Waals surface area contributed by atoms with E-state index in [2.05, 4.69) is 9.71 Å². The first-order valence-corrected chi connectivity index (χ1v) is 8.50. The Kier molecular flexibility index (Phi) is 3.92. The maximum absolute atomic E-state index is 12.6. The van der Waals surface area contributed by atoms with Crippen LogP contribution in [0.1, 0.15) is 5.56 Å². The van der Waals surface area contributed by atoms with Crippen molar-refractivity contribution in [3.05, 3.63) is 60.3 Å². The standard InChI is InChI=1S/C17H16N2O3S/c1-12-7-8-17(16(9-12)22-2)23(20,21)19-14-10-13-5-3-4-6-15(13)18-11-14/h3-11,19H,1-2H3. The molecule has 1 N–H and O–H groups in total. The van der Waals surface area contributed by atoms with Crippen molar-refractivity contribution in [2.75, 3.05) is 11.8 Å². The van der Waals surface area contributed by atoms with Crippen molar-refractivity contribution < 1.29 is 13.2 Å². The van der Waals surface area contributed by atoms with E-state index in [1.165, 1.54) is 19.4 Å². The molecule has 0 saturated carbocycles. The summed E-state index contributed by atoms with van der Waals surface area (Å²) >= 11 is 0. The molecule has 0 bridgehead atoms. The molecule has 5 nitrogen and oxygen atoms in total. The lowest BCUT2D eigenvalue weighted by molar-refractivity contribution is 0.402. The zero-order valence-electron chi connectivity index (χ0n) is 12.8. The van der Waals surface area contributed by atoms with E-state index in [1.54, 1.807) is 18.2 Å². The molecule has 1 heterocycles. The number of methoxy groups -OCH3 is 1. The molecular formula is C17H16N2O3S. The highest BCUT2D eigenvalue weighted by Crippen LogP contribution is 2.27. The summed E-state index contributed by atoms with van der Waals surface area (Å²) in [6.45, 7) is 1.87. The fourth-order valence-corrected chi connectivity index (χ4v) is 3.52. The summed E-state index contributed by atoms with van der Waals surface area (Å²) < 4.78 is 33.0. The Morgan fingerprint density at radius 1 is 1.09 bits per heavy atom. The van der Waals surface area contributed by atoms with Gasteiger partial charge in [-0.2, -0.15) is 0 Å². The summed E-state index contributed by atoms with van der Waals surface area (Å²) in [5.41, 5.74) is 2.14. The smallest absolute Gasteiger partial charge is 0.265 e. The van der Waals surface area contributed by atoms with Gasteiger partial charge in [-0.05, 0) is 36.8 Å². The van der Waals surface area contributed by atoms with Gasteiger partial charge in [-0.15, -0.1) is 0 Å². The van der Waals surface area contributed by atoms with E-state index in [9.17, 15) is 8.42 Å². The SMILES string of the molecule is COc1cc(C)ccc1S(=O)(=O)Nc1cnc2ccccc2c1. The number of ether oxygens (including phenoxy) is 1. The zero-order chi connectivity index (χ0) is 16.4. The summed E-state index contributed by atoms with van der Waals surface area (Å²) in [4.78, 5) is 4.35. The second-order valence-corrected chi connectivity index (χ2v) is 6.83. The number of aryl methyl sites for hydroxylation is 1. The molecule has 3 rings (SSSR count). The van der Waals surface area contributed by atoms with Crippen LogP contribution in [0.15, 0.2) is 59.6 Å². The molecule has 0 aliphatic heterocycles. The van der Waals surface area contributed by atoms with Crippen LogP contribution in [0, 0.1) is 6.92 Å². The normalized spacial score (nSPS) is 11.4. The number of aromatic nitrogens is 1. The van der Waals surface area contributed by atoms with Crippen molar-refractivity contribution in [1.82, 2.24) is 4.98 Å². The minimum absolute atomic E-state index is 0.0961. The number of benzene rings is 2. The lowest BCUT2D eigenvalue weighted by Crippen LogP contribution is -2.14. The summed E-state index contributed by atoms with van der Waals surface area (Å²) in [7, 11) is -2.31. The third-order valence-electron chi connectivity index (χ3n) is 3.45. The minimum atomic E-state index is -3.76. The van der Waals surface area contributed by atoms with E-state index in [4.69, 9.17) is 4.74 Å². The van der Waals surface area contributed by atoms with Crippen molar-refractivity contribution in [2.24, 2.45) is 0 Å². The number of fused-ring (bicyclic) bond motifs is 1. The molecule has 0 atom stereocenters. The zero-order valence-corrected chi connectivity index (χ0v) is 13.6. The summed E-state index contributed by atoms with van der Waals surface area (Å²) in [6.07, 6.45) is 1.50. The predicted molar refractivity (Wildman–Crippen MR) is 90.3 cm³/mol. The number of nitrogens with zero attached hydrogens (tertiary/aromatic N) is 1. The molecule has 23 heavy (non-hydrogen) atoms. The first-order chi connectivity index (χ1) is 11.0. The van der Waals surface area contributed by atoms with E-state index >= 15 is 0 Å². The van der Waals surface area contributed by atoms with Crippen molar-refractivity contribution in [2.45, 2.75) is 11.8 Å². The number of rotatable bonds is 4. The molecule has 2 aromatic carbocycles. The van der Waals surface area contributed by atoms with Gasteiger partial charge in [-0.25, -0.2) is 8.42 Å². The van der Waals surface area contributed by atoms with Crippen molar-refractivity contribution in [1.29, 1.82) is 0 Å². The highest BCUT2D eigenvalue weighted by molar-refractivity contribution is 7.92. The number of pyridine rings is 1. The van der Waals surface area contributed by atoms with Crippen LogP contribution in [0.25, 0.3) is 10.9 Å². The Labute approximate surface area is 135 Å². The second-order valence-electron chi connectivity index (χ2n) is 5.18. The first-order valence-electron chi connectivity index (χ1n) is 7.02. The fraction of sp³-hybridized carbons (Fsp3) is 0.118. The Bertz CT molecular complexity index is 968. The van der Waals surface area contributed by atoms with E-state index in [0.29, 0.717) is 11.4 Å². The molecule has 1 aromatic heterocycles. The van der Waals surface area contributed by atoms with Gasteiger partial charge in [0.2, 0.25) is 0 Å². The van der Waals surface area contributed by atoms with Crippen molar-refractivity contribution in [3.63, 3.8) is 0 Å². The van der Waals surface area contributed by atoms with Gasteiger partial charge in [0.15, 0.2) is 0 Å². The lowest BCUT2D eigenvalue weighted by atomic mass is 10.2. The van der Waals surface area contributed by atoms with Gasteiger partial charge in [0.1, 0.15) is 10.6 Å². The minimum Gasteiger partial charge on any atom is -0.495 e. The quantitative estimate of drug-likeness (QED) is 0.797. The number of sulfonamides is 1. The Morgan fingerprint density at radius 2 is 1.87 bits per heavy atom. The van der Waals surface area contributed by atoms with E-state index in [-0.39, 0.29) is 4.90 Å². The Morgan fingerprint density at radius 3 is 2.65 bits per heavy atom. The van der Waals surface area contributed by atoms with Crippen LogP contribution in [-0.4, -0.2) is 20.5 Å². The summed E-state index contributed by atoms with van der Waals surface area (Å²) in [6, 6.07) is 14.2. The number of anilines is 1. The van der Waals surface area contributed by atoms with Gasteiger partial charge < -0.3 is 4.74 Å². The van der Waals surface area contributed by atoms with Crippen molar-refractivity contribution in [3.8, 4) is 5.75 Å². The van der Waals surface area contributed by atoms with Crippen LogP contribution in [0.3, 0.4) is 0 Å². The third-order valence-corrected chi connectivity index (χ3v) is 4.87. The van der Waals surface area contributed by atoms with E-state index in [0.717, 1.165) is 16.5 Å². The van der Waals surface area contributed by atoms with Gasteiger partial charge in [-0.1, -0.05) is 24.3 Å². The third kappa shape index (κ3) is 3.12. The highest BCUT2D eigenvalue weighted by Gasteiger charge is 2.19. The van der Waals surface area contributed by atoms with Gasteiger partial charge >= 0.3 is 0 Å². The molecule has 0 saturated heterocycles. The van der Waals surface area contributed by atoms with Gasteiger partial charge in [0.25, 0.3) is 10.0 Å². The topological polar surface area (TPSA) is 68.3 Å². The molecule has 0 fully saturated rings. The van der Waals surface area contributed by atoms with Crippen LogP contribution < -0.4 is 9.46 Å². The number of hydrogen-bond acceptors (Lipinski definition) is 4. The van der Waals surface area contributed by atoms with Gasteiger partial charge in [0, 0.05) is 5.39 Å². The monoisotopic (exact) mass is 328 g/mol. The van der Waals surface area contributed by atoms with E-state index < -0.39 is 10.0 Å². The molecule has 0 unspecified atom stereocenters. The highest BCUT2D eigenvalue weighted by atomic mass is 32.2. The average Bonchev–Trinajstić information content (AvgIpc) is 2.54. The summed E-state index contributed by atoms with van der Waals surface area (Å²) in [5, 5.41) is 0.864. The number of nitrogens with one attached hydrogen (secondary N) is 1. The molecule has 6 heteroatoms. The summed E-state index contributed by atoms with van der Waals surface area (Å²) in [5.74, 6) is 0.311. The molecule has 0 aliphatic carbocycles. The molecule has 3 aromatic rings. The first kappa shape index (κ1) is 15.3. The predicted octanol–water partition coefficient (Wildman–Crippen LogP) is 3.35. The molecule has 0 radical (unpaired) electrons. The van der Waals surface area contributed by atoms with Crippen LogP contribution >= 0.6 is 0 Å². The second kappa shape index (κ2) is 5.89. The van der Waals surface area contributed by atoms with Crippen LogP contribution in [-0.2, 0) is 10.0 Å². The Hall–Kier alpha value is -2.60. The number of para-hydroxylation sites is 1. The average molecular weight is 328 g/mol. The maximum Gasteiger partial charge on any atom is 0.265 e. The lowest BCUT2D eigenvalue weighted by Gasteiger charge is -2.12. The molecule has 0 aliphatic rings. The van der Waals surface area contributed by atoms with Crippen LogP contribution in [0.2, 0.25) is 0 Å². The maximum atomic E-state index is 12.6. The van der Waals surface area contributed by atoms with Gasteiger partial charge in [0.05, 0.1) is 24.5 Å². The Balaban J connectivity index is 1.99. The van der Waals surface area contributed by atoms with E-state index in [1.807, 2.05) is 31.2 Å². The number of hydrogen-bond donors (Lipinski definition) is 1. The molecule has 0 amide bonds. The van der Waals surface area contributed by atoms with Crippen molar-refractivity contribution >= 4 is 26.6 Å². The fourth-order valence-electron chi connectivity index (χ4n) is 2.33. The van der Waals surface area contributed by atoms with Gasteiger partial charge in [-0.3, -0.25) is 9.71 Å². The molecule has 118 valence electrons.